The molecule has 2 rings (SSSR count). The van der Waals surface area contributed by atoms with E-state index >= 15 is 0 Å². The molecule has 2 amide bonds. The van der Waals surface area contributed by atoms with Crippen molar-refractivity contribution >= 4 is 23.2 Å². The summed E-state index contributed by atoms with van der Waals surface area (Å²) < 4.78 is 5.13. The summed E-state index contributed by atoms with van der Waals surface area (Å²) in [6.45, 7) is 2.37. The molecule has 4 N–H and O–H groups in total. The Balaban J connectivity index is 2.10. The average Bonchev–Trinajstić information content (AvgIpc) is 2.62. The number of anilines is 2. The number of nitrogens with one attached hydrogen (secondary N) is 2. The maximum atomic E-state index is 12.4. The molecule has 0 aliphatic carbocycles. The van der Waals surface area contributed by atoms with Crippen molar-refractivity contribution in [2.75, 3.05) is 24.3 Å². The highest BCUT2D eigenvalue weighted by Crippen LogP contribution is 2.22. The van der Waals surface area contributed by atoms with Crippen LogP contribution in [0.5, 0.6) is 5.75 Å². The van der Waals surface area contributed by atoms with E-state index in [9.17, 15) is 9.59 Å². The Morgan fingerprint density at radius 3 is 2.64 bits per heavy atom. The predicted molar refractivity (Wildman–Crippen MR) is 99.0 cm³/mol. The molecule has 2 aromatic carbocycles. The van der Waals surface area contributed by atoms with E-state index in [2.05, 4.69) is 10.6 Å². The highest BCUT2D eigenvalue weighted by molar-refractivity contribution is 6.05. The molecule has 0 radical (unpaired) electrons. The van der Waals surface area contributed by atoms with Crippen LogP contribution in [0.15, 0.2) is 42.5 Å². The number of methoxy groups -OCH3 is 1. The minimum atomic E-state index is -0.247. The van der Waals surface area contributed by atoms with Gasteiger partial charge in [-0.3, -0.25) is 9.59 Å². The number of hydrogen-bond donors (Lipinski definition) is 3. The Labute approximate surface area is 147 Å². The van der Waals surface area contributed by atoms with Crippen LogP contribution in [0.25, 0.3) is 0 Å². The topological polar surface area (TPSA) is 93.5 Å². The van der Waals surface area contributed by atoms with E-state index in [-0.39, 0.29) is 11.8 Å². The van der Waals surface area contributed by atoms with Crippen LogP contribution in [0.3, 0.4) is 0 Å². The lowest BCUT2D eigenvalue weighted by atomic mass is 10.1. The minimum absolute atomic E-state index is 0.0928. The summed E-state index contributed by atoms with van der Waals surface area (Å²) in [7, 11) is 1.55. The molecule has 0 aromatic heterocycles. The molecule has 132 valence electrons. The summed E-state index contributed by atoms with van der Waals surface area (Å²) in [5, 5.41) is 5.68. The van der Waals surface area contributed by atoms with Crippen LogP contribution in [0.4, 0.5) is 11.4 Å². The van der Waals surface area contributed by atoms with Crippen LogP contribution in [-0.2, 0) is 4.79 Å². The molecule has 0 bridgehead atoms. The van der Waals surface area contributed by atoms with Gasteiger partial charge in [-0.15, -0.1) is 0 Å². The van der Waals surface area contributed by atoms with E-state index in [1.54, 1.807) is 43.5 Å². The van der Waals surface area contributed by atoms with Gasteiger partial charge < -0.3 is 21.1 Å². The van der Waals surface area contributed by atoms with Crippen molar-refractivity contribution < 1.29 is 14.3 Å². The Bertz CT molecular complexity index is 759. The Kier molecular flexibility index (Phi) is 6.54. The molecule has 0 saturated carbocycles. The number of benzene rings is 2. The fraction of sp³-hybridized carbons (Fsp3) is 0.263. The van der Waals surface area contributed by atoms with E-state index in [0.717, 1.165) is 5.56 Å². The maximum absolute atomic E-state index is 12.4. The summed E-state index contributed by atoms with van der Waals surface area (Å²) in [6, 6.07) is 12.3. The number of aryl methyl sites for hydroxylation is 1. The normalized spacial score (nSPS) is 10.2. The second kappa shape index (κ2) is 8.84. The van der Waals surface area contributed by atoms with Crippen LogP contribution in [0.1, 0.15) is 28.8 Å². The molecule has 6 nitrogen and oxygen atoms in total. The zero-order valence-electron chi connectivity index (χ0n) is 14.5. The fourth-order valence-corrected chi connectivity index (χ4v) is 2.28. The van der Waals surface area contributed by atoms with E-state index in [4.69, 9.17) is 10.5 Å². The molecule has 0 atom stereocenters. The van der Waals surface area contributed by atoms with Gasteiger partial charge in [0.2, 0.25) is 5.91 Å². The Morgan fingerprint density at radius 1 is 1.12 bits per heavy atom. The summed E-state index contributed by atoms with van der Waals surface area (Å²) in [6.07, 6.45) is 1.01. The van der Waals surface area contributed by atoms with E-state index < -0.39 is 0 Å². The molecule has 0 heterocycles. The molecule has 0 fully saturated rings. The molecule has 0 aliphatic rings. The molecule has 2 aromatic rings. The largest absolute Gasteiger partial charge is 0.497 e. The van der Waals surface area contributed by atoms with E-state index in [1.165, 1.54) is 0 Å². The third kappa shape index (κ3) is 5.32. The van der Waals surface area contributed by atoms with Crippen LogP contribution < -0.4 is 21.1 Å². The van der Waals surface area contributed by atoms with Gasteiger partial charge in [0.05, 0.1) is 7.11 Å². The van der Waals surface area contributed by atoms with Gasteiger partial charge in [-0.25, -0.2) is 0 Å². The quantitative estimate of drug-likeness (QED) is 0.722. The fourth-order valence-electron chi connectivity index (χ4n) is 2.28. The number of ether oxygens (including phenoxy) is 1. The summed E-state index contributed by atoms with van der Waals surface area (Å²) in [4.78, 5) is 24.3. The second-order valence-corrected chi connectivity index (χ2v) is 5.66. The van der Waals surface area contributed by atoms with E-state index in [1.807, 2.05) is 13.0 Å². The number of carbonyl (C=O) groups is 2. The summed E-state index contributed by atoms with van der Waals surface area (Å²) in [5.41, 5.74) is 8.11. The van der Waals surface area contributed by atoms with Crippen LogP contribution in [-0.4, -0.2) is 25.5 Å². The van der Waals surface area contributed by atoms with Crippen molar-refractivity contribution in [1.29, 1.82) is 0 Å². The van der Waals surface area contributed by atoms with Crippen molar-refractivity contribution in [3.05, 3.63) is 53.6 Å². The summed E-state index contributed by atoms with van der Waals surface area (Å²) in [5.74, 6) is 0.275. The monoisotopic (exact) mass is 341 g/mol. The average molecular weight is 341 g/mol. The number of amides is 2. The zero-order chi connectivity index (χ0) is 18.2. The molecule has 6 heteroatoms. The molecular formula is C19H23N3O3. The van der Waals surface area contributed by atoms with Crippen LogP contribution in [0, 0.1) is 6.92 Å². The van der Waals surface area contributed by atoms with Gasteiger partial charge in [0.25, 0.3) is 5.91 Å². The first-order chi connectivity index (χ1) is 12.0. The first-order valence-corrected chi connectivity index (χ1v) is 8.09. The highest BCUT2D eigenvalue weighted by atomic mass is 16.5. The summed E-state index contributed by atoms with van der Waals surface area (Å²) >= 11 is 0. The SMILES string of the molecule is COc1cccc(C(=O)Nc2ccc(C)c(NC(=O)CCCN)c2)c1. The van der Waals surface area contributed by atoms with Crippen molar-refractivity contribution in [2.45, 2.75) is 19.8 Å². The molecule has 0 spiro atoms. The van der Waals surface area contributed by atoms with Gasteiger partial charge in [-0.1, -0.05) is 12.1 Å². The van der Waals surface area contributed by atoms with Crippen molar-refractivity contribution in [3.63, 3.8) is 0 Å². The maximum Gasteiger partial charge on any atom is 0.255 e. The molecule has 0 unspecified atom stereocenters. The van der Waals surface area contributed by atoms with Gasteiger partial charge in [0, 0.05) is 23.4 Å². The van der Waals surface area contributed by atoms with Crippen molar-refractivity contribution in [1.82, 2.24) is 0 Å². The van der Waals surface area contributed by atoms with Crippen LogP contribution >= 0.6 is 0 Å². The lowest BCUT2D eigenvalue weighted by Gasteiger charge is -2.12. The third-order valence-corrected chi connectivity index (χ3v) is 3.71. The van der Waals surface area contributed by atoms with Gasteiger partial charge in [0.1, 0.15) is 5.75 Å². The van der Waals surface area contributed by atoms with Crippen molar-refractivity contribution in [2.24, 2.45) is 5.73 Å². The Morgan fingerprint density at radius 2 is 1.92 bits per heavy atom. The molecule has 0 saturated heterocycles. The van der Waals surface area contributed by atoms with E-state index in [0.29, 0.717) is 42.1 Å². The number of hydrogen-bond acceptors (Lipinski definition) is 4. The van der Waals surface area contributed by atoms with Gasteiger partial charge >= 0.3 is 0 Å². The van der Waals surface area contributed by atoms with Gasteiger partial charge in [-0.2, -0.15) is 0 Å². The molecule has 25 heavy (non-hydrogen) atoms. The van der Waals surface area contributed by atoms with Crippen LogP contribution in [0.2, 0.25) is 0 Å². The molecule has 0 aliphatic heterocycles. The van der Waals surface area contributed by atoms with Gasteiger partial charge in [-0.05, 0) is 55.8 Å². The standard InChI is InChI=1S/C19H23N3O3/c1-13-8-9-15(12-17(13)22-18(23)7-4-10-20)21-19(24)14-5-3-6-16(11-14)25-2/h3,5-6,8-9,11-12H,4,7,10,20H2,1-2H3,(H,21,24)(H,22,23). The number of rotatable bonds is 7. The third-order valence-electron chi connectivity index (χ3n) is 3.71. The first kappa shape index (κ1) is 18.5. The second-order valence-electron chi connectivity index (χ2n) is 5.66. The van der Waals surface area contributed by atoms with Crippen molar-refractivity contribution in [3.8, 4) is 5.75 Å². The lowest BCUT2D eigenvalue weighted by Crippen LogP contribution is -2.15. The van der Waals surface area contributed by atoms with Gasteiger partial charge in [0.15, 0.2) is 0 Å². The predicted octanol–water partition coefficient (Wildman–Crippen LogP) is 2.93. The number of carbonyl (C=O) groups excluding carboxylic acids is 2. The highest BCUT2D eigenvalue weighted by Gasteiger charge is 2.10. The minimum Gasteiger partial charge on any atom is -0.497 e. The number of nitrogens with two attached hydrogens (primary N) is 1. The first-order valence-electron chi connectivity index (χ1n) is 8.09. The Hall–Kier alpha value is -2.86. The smallest absolute Gasteiger partial charge is 0.255 e. The zero-order valence-corrected chi connectivity index (χ0v) is 14.5. The lowest BCUT2D eigenvalue weighted by molar-refractivity contribution is -0.116. The molecular weight excluding hydrogens is 318 g/mol.